The normalized spacial score (nSPS) is 10.3. The molecule has 0 radical (unpaired) electrons. The highest BCUT2D eigenvalue weighted by molar-refractivity contribution is 6.39. The Morgan fingerprint density at radius 3 is 1.94 bits per heavy atom. The summed E-state index contributed by atoms with van der Waals surface area (Å²) in [6.07, 6.45) is 0. The van der Waals surface area contributed by atoms with Crippen LogP contribution >= 0.6 is 0 Å². The Labute approximate surface area is 108 Å². The minimum absolute atomic E-state index is 0.0524. The zero-order chi connectivity index (χ0) is 13.9. The lowest BCUT2D eigenvalue weighted by molar-refractivity contribution is -0.136. The van der Waals surface area contributed by atoms with Crippen LogP contribution < -0.4 is 10.6 Å². The highest BCUT2D eigenvalue weighted by Gasteiger charge is 2.16. The molecule has 4 nitrogen and oxygen atoms in total. The third-order valence-corrected chi connectivity index (χ3v) is 2.54. The summed E-state index contributed by atoms with van der Waals surface area (Å²) < 4.78 is 0. The molecule has 2 N–H and O–H groups in total. The third-order valence-electron chi connectivity index (χ3n) is 2.54. The predicted octanol–water partition coefficient (Wildman–Crippen LogP) is 2.07. The topological polar surface area (TPSA) is 58.2 Å². The van der Waals surface area contributed by atoms with E-state index in [4.69, 9.17) is 0 Å². The number of carbonyl (C=O) groups excluding carboxylic acids is 2. The molecule has 0 atom stereocenters. The summed E-state index contributed by atoms with van der Waals surface area (Å²) in [5.74, 6) is -1.23. The van der Waals surface area contributed by atoms with Crippen LogP contribution in [0, 0.1) is 20.8 Å². The van der Waals surface area contributed by atoms with E-state index < -0.39 is 11.8 Å². The van der Waals surface area contributed by atoms with E-state index in [1.54, 1.807) is 0 Å². The Morgan fingerprint density at radius 2 is 1.50 bits per heavy atom. The van der Waals surface area contributed by atoms with Crippen molar-refractivity contribution in [2.45, 2.75) is 40.7 Å². The van der Waals surface area contributed by atoms with Crippen LogP contribution in [0.1, 0.15) is 30.5 Å². The highest BCUT2D eigenvalue weighted by Crippen LogP contribution is 2.21. The molecule has 18 heavy (non-hydrogen) atoms. The number of nitrogens with one attached hydrogen (secondary N) is 2. The number of carbonyl (C=O) groups is 2. The maximum Gasteiger partial charge on any atom is 0.313 e. The van der Waals surface area contributed by atoms with Crippen molar-refractivity contribution in [1.29, 1.82) is 0 Å². The molecule has 0 heterocycles. The molecular weight excluding hydrogens is 228 g/mol. The van der Waals surface area contributed by atoms with E-state index in [9.17, 15) is 9.59 Å². The van der Waals surface area contributed by atoms with Crippen LogP contribution in [0.2, 0.25) is 0 Å². The molecule has 1 aromatic carbocycles. The van der Waals surface area contributed by atoms with Gasteiger partial charge in [0.05, 0.1) is 0 Å². The average molecular weight is 248 g/mol. The van der Waals surface area contributed by atoms with Crippen LogP contribution in [0.4, 0.5) is 5.69 Å². The van der Waals surface area contributed by atoms with E-state index in [1.807, 2.05) is 46.8 Å². The van der Waals surface area contributed by atoms with Gasteiger partial charge >= 0.3 is 11.8 Å². The number of benzene rings is 1. The molecule has 2 amide bonds. The summed E-state index contributed by atoms with van der Waals surface area (Å²) in [5.41, 5.74) is 3.76. The maximum absolute atomic E-state index is 11.7. The first-order valence-electron chi connectivity index (χ1n) is 6.01. The van der Waals surface area contributed by atoms with E-state index in [1.165, 1.54) is 0 Å². The molecule has 4 heteroatoms. The standard InChI is InChI=1S/C14H20N2O2/c1-8(2)15-13(17)14(18)16-12-10(4)6-9(3)7-11(12)5/h6-8H,1-5H3,(H,15,17)(H,16,18). The molecule has 0 saturated carbocycles. The fourth-order valence-electron chi connectivity index (χ4n) is 1.88. The van der Waals surface area contributed by atoms with Crippen molar-refractivity contribution in [3.8, 4) is 0 Å². The van der Waals surface area contributed by atoms with E-state index in [-0.39, 0.29) is 6.04 Å². The minimum Gasteiger partial charge on any atom is -0.346 e. The molecule has 0 aliphatic carbocycles. The van der Waals surface area contributed by atoms with Gasteiger partial charge in [0.15, 0.2) is 0 Å². The second-order valence-electron chi connectivity index (χ2n) is 4.86. The van der Waals surface area contributed by atoms with Crippen LogP contribution in [0.5, 0.6) is 0 Å². The first kappa shape index (κ1) is 14.2. The van der Waals surface area contributed by atoms with Gasteiger partial charge in [0, 0.05) is 11.7 Å². The molecule has 0 aliphatic rings. The van der Waals surface area contributed by atoms with Crippen LogP contribution in [-0.4, -0.2) is 17.9 Å². The van der Waals surface area contributed by atoms with Crippen LogP contribution in [0.25, 0.3) is 0 Å². The van der Waals surface area contributed by atoms with Crippen LogP contribution in [-0.2, 0) is 9.59 Å². The molecule has 0 aliphatic heterocycles. The smallest absolute Gasteiger partial charge is 0.313 e. The van der Waals surface area contributed by atoms with Gasteiger partial charge in [-0.1, -0.05) is 17.7 Å². The zero-order valence-corrected chi connectivity index (χ0v) is 11.5. The van der Waals surface area contributed by atoms with E-state index in [2.05, 4.69) is 10.6 Å². The van der Waals surface area contributed by atoms with Gasteiger partial charge in [-0.3, -0.25) is 9.59 Å². The Hall–Kier alpha value is -1.84. The molecule has 98 valence electrons. The van der Waals surface area contributed by atoms with E-state index in [0.717, 1.165) is 16.7 Å². The second kappa shape index (κ2) is 5.67. The Bertz CT molecular complexity index is 456. The Balaban J connectivity index is 2.86. The number of anilines is 1. The summed E-state index contributed by atoms with van der Waals surface area (Å²) in [7, 11) is 0. The fraction of sp³-hybridized carbons (Fsp3) is 0.429. The molecule has 0 fully saturated rings. The first-order chi connectivity index (χ1) is 8.31. The molecule has 1 aromatic rings. The lowest BCUT2D eigenvalue weighted by Crippen LogP contribution is -2.39. The molecule has 1 rings (SSSR count). The summed E-state index contributed by atoms with van der Waals surface area (Å²) >= 11 is 0. The number of rotatable bonds is 2. The zero-order valence-electron chi connectivity index (χ0n) is 11.5. The van der Waals surface area contributed by atoms with Gasteiger partial charge in [-0.15, -0.1) is 0 Å². The summed E-state index contributed by atoms with van der Waals surface area (Å²) in [5, 5.41) is 5.22. The summed E-state index contributed by atoms with van der Waals surface area (Å²) in [6, 6.07) is 3.90. The maximum atomic E-state index is 11.7. The lowest BCUT2D eigenvalue weighted by Gasteiger charge is -2.13. The Morgan fingerprint density at radius 1 is 1.00 bits per heavy atom. The average Bonchev–Trinajstić information content (AvgIpc) is 2.21. The van der Waals surface area contributed by atoms with E-state index in [0.29, 0.717) is 5.69 Å². The summed E-state index contributed by atoms with van der Waals surface area (Å²) in [6.45, 7) is 9.45. The van der Waals surface area contributed by atoms with Gasteiger partial charge in [-0.2, -0.15) is 0 Å². The van der Waals surface area contributed by atoms with Crippen molar-refractivity contribution in [1.82, 2.24) is 5.32 Å². The predicted molar refractivity (Wildman–Crippen MR) is 72.6 cm³/mol. The van der Waals surface area contributed by atoms with Crippen molar-refractivity contribution in [3.63, 3.8) is 0 Å². The van der Waals surface area contributed by atoms with Gasteiger partial charge in [0.25, 0.3) is 0 Å². The molecule has 0 saturated heterocycles. The van der Waals surface area contributed by atoms with Crippen LogP contribution in [0.15, 0.2) is 12.1 Å². The van der Waals surface area contributed by atoms with Gasteiger partial charge in [-0.05, 0) is 45.7 Å². The number of amides is 2. The van der Waals surface area contributed by atoms with Crippen LogP contribution in [0.3, 0.4) is 0 Å². The SMILES string of the molecule is Cc1cc(C)c(NC(=O)C(=O)NC(C)C)c(C)c1. The van der Waals surface area contributed by atoms with Gasteiger partial charge in [0.1, 0.15) is 0 Å². The van der Waals surface area contributed by atoms with Gasteiger partial charge < -0.3 is 10.6 Å². The molecular formula is C14H20N2O2. The third kappa shape index (κ3) is 3.58. The van der Waals surface area contributed by atoms with Crippen molar-refractivity contribution >= 4 is 17.5 Å². The number of hydrogen-bond donors (Lipinski definition) is 2. The quantitative estimate of drug-likeness (QED) is 0.787. The first-order valence-corrected chi connectivity index (χ1v) is 6.01. The lowest BCUT2D eigenvalue weighted by atomic mass is 10.1. The molecule has 0 spiro atoms. The van der Waals surface area contributed by atoms with Gasteiger partial charge in [0.2, 0.25) is 0 Å². The monoisotopic (exact) mass is 248 g/mol. The van der Waals surface area contributed by atoms with Crippen molar-refractivity contribution in [2.24, 2.45) is 0 Å². The number of hydrogen-bond acceptors (Lipinski definition) is 2. The van der Waals surface area contributed by atoms with Crippen molar-refractivity contribution < 1.29 is 9.59 Å². The largest absolute Gasteiger partial charge is 0.346 e. The fourth-order valence-corrected chi connectivity index (χ4v) is 1.88. The second-order valence-corrected chi connectivity index (χ2v) is 4.86. The van der Waals surface area contributed by atoms with Gasteiger partial charge in [-0.25, -0.2) is 0 Å². The summed E-state index contributed by atoms with van der Waals surface area (Å²) in [4.78, 5) is 23.2. The molecule has 0 bridgehead atoms. The Kier molecular flexibility index (Phi) is 4.48. The molecule has 0 aromatic heterocycles. The minimum atomic E-state index is -0.626. The number of aryl methyl sites for hydroxylation is 3. The van der Waals surface area contributed by atoms with Crippen molar-refractivity contribution in [2.75, 3.05) is 5.32 Å². The van der Waals surface area contributed by atoms with Crippen molar-refractivity contribution in [3.05, 3.63) is 28.8 Å². The molecule has 0 unspecified atom stereocenters. The highest BCUT2D eigenvalue weighted by atomic mass is 16.2. The van der Waals surface area contributed by atoms with E-state index >= 15 is 0 Å².